The number of Topliss-reactive ketones (excluding diaryl/α,β-unsaturated/α-hetero) is 1. The predicted octanol–water partition coefficient (Wildman–Crippen LogP) is 1.56. The number of hydrogen-bond acceptors (Lipinski definition) is 4. The van der Waals surface area contributed by atoms with Gasteiger partial charge in [-0.15, -0.1) is 0 Å². The lowest BCUT2D eigenvalue weighted by Crippen LogP contribution is -2.47. The molecule has 122 valence electrons. The molecule has 3 unspecified atom stereocenters. The summed E-state index contributed by atoms with van der Waals surface area (Å²) in [4.78, 5) is 20.0. The molecule has 0 saturated carbocycles. The quantitative estimate of drug-likeness (QED) is 0.743. The fourth-order valence-corrected chi connectivity index (χ4v) is 4.23. The van der Waals surface area contributed by atoms with Crippen LogP contribution < -0.4 is 0 Å². The number of carbonyl (C=O) groups is 1. The summed E-state index contributed by atoms with van der Waals surface area (Å²) in [5.74, 6) is 1.32. The van der Waals surface area contributed by atoms with Crippen molar-refractivity contribution in [3.8, 4) is 0 Å². The number of hydrogen-bond donors (Lipinski definition) is 0. The second kappa shape index (κ2) is 7.70. The summed E-state index contributed by atoms with van der Waals surface area (Å²) in [5.41, 5.74) is 0. The Labute approximate surface area is 130 Å². The third kappa shape index (κ3) is 3.85. The molecule has 0 aromatic carbocycles. The molecule has 4 nitrogen and oxygen atoms in total. The van der Waals surface area contributed by atoms with Crippen molar-refractivity contribution < 1.29 is 4.79 Å². The molecule has 0 aliphatic carbocycles. The van der Waals surface area contributed by atoms with Gasteiger partial charge in [0.15, 0.2) is 5.78 Å². The normalized spacial score (nSPS) is 32.7. The van der Waals surface area contributed by atoms with E-state index >= 15 is 0 Å². The Kier molecular flexibility index (Phi) is 6.20. The van der Waals surface area contributed by atoms with Gasteiger partial charge in [-0.25, -0.2) is 0 Å². The molecule has 2 heterocycles. The maximum absolute atomic E-state index is 12.8. The number of rotatable bonds is 6. The Morgan fingerprint density at radius 1 is 1.05 bits per heavy atom. The van der Waals surface area contributed by atoms with Crippen molar-refractivity contribution >= 4 is 5.78 Å². The Balaban J connectivity index is 1.94. The van der Waals surface area contributed by atoms with E-state index in [0.717, 1.165) is 45.7 Å². The molecule has 2 fully saturated rings. The molecule has 2 aliphatic heterocycles. The highest BCUT2D eigenvalue weighted by Gasteiger charge is 2.42. The highest BCUT2D eigenvalue weighted by Crippen LogP contribution is 2.34. The molecular formula is C17H33N3O. The van der Waals surface area contributed by atoms with Gasteiger partial charge >= 0.3 is 0 Å². The Hall–Kier alpha value is -0.450. The lowest BCUT2D eigenvalue weighted by Gasteiger charge is -2.32. The Morgan fingerprint density at radius 3 is 2.24 bits per heavy atom. The highest BCUT2D eigenvalue weighted by molar-refractivity contribution is 5.84. The lowest BCUT2D eigenvalue weighted by atomic mass is 9.84. The van der Waals surface area contributed by atoms with Crippen LogP contribution in [0, 0.1) is 11.8 Å². The number of carbonyl (C=O) groups excluding carboxylic acids is 1. The van der Waals surface area contributed by atoms with Crippen molar-refractivity contribution in [2.75, 3.05) is 52.9 Å². The molecule has 0 amide bonds. The van der Waals surface area contributed by atoms with Crippen molar-refractivity contribution in [3.05, 3.63) is 0 Å². The van der Waals surface area contributed by atoms with Gasteiger partial charge in [0.2, 0.25) is 0 Å². The average molecular weight is 295 g/mol. The SMILES string of the molecule is CCC1C(C(=O)CN2CCN(C)CC2)CN(CC)C1CC. The summed E-state index contributed by atoms with van der Waals surface area (Å²) < 4.78 is 0. The lowest BCUT2D eigenvalue weighted by molar-refractivity contribution is -0.125. The van der Waals surface area contributed by atoms with Crippen LogP contribution in [0.5, 0.6) is 0 Å². The van der Waals surface area contributed by atoms with Gasteiger partial charge in [-0.3, -0.25) is 14.6 Å². The minimum absolute atomic E-state index is 0.263. The molecule has 0 aromatic heterocycles. The molecule has 4 heteroatoms. The van der Waals surface area contributed by atoms with Crippen LogP contribution >= 0.6 is 0 Å². The zero-order valence-corrected chi connectivity index (χ0v) is 14.3. The van der Waals surface area contributed by atoms with Crippen LogP contribution in [0.25, 0.3) is 0 Å². The van der Waals surface area contributed by atoms with Gasteiger partial charge in [0.25, 0.3) is 0 Å². The fourth-order valence-electron chi connectivity index (χ4n) is 4.23. The van der Waals surface area contributed by atoms with Gasteiger partial charge in [0, 0.05) is 44.7 Å². The molecule has 0 bridgehead atoms. The predicted molar refractivity (Wildman–Crippen MR) is 87.5 cm³/mol. The largest absolute Gasteiger partial charge is 0.304 e. The second-order valence-electron chi connectivity index (χ2n) is 6.79. The zero-order valence-electron chi connectivity index (χ0n) is 14.3. The number of nitrogens with zero attached hydrogens (tertiary/aromatic N) is 3. The first-order valence-corrected chi connectivity index (χ1v) is 8.78. The van der Waals surface area contributed by atoms with Gasteiger partial charge in [-0.2, -0.15) is 0 Å². The summed E-state index contributed by atoms with van der Waals surface area (Å²) in [5, 5.41) is 0. The van der Waals surface area contributed by atoms with Gasteiger partial charge in [-0.05, 0) is 25.9 Å². The minimum Gasteiger partial charge on any atom is -0.304 e. The summed E-state index contributed by atoms with van der Waals surface area (Å²) in [6.07, 6.45) is 2.30. The van der Waals surface area contributed by atoms with Crippen molar-refractivity contribution in [1.82, 2.24) is 14.7 Å². The van der Waals surface area contributed by atoms with Crippen molar-refractivity contribution in [2.24, 2.45) is 11.8 Å². The van der Waals surface area contributed by atoms with E-state index in [9.17, 15) is 4.79 Å². The maximum atomic E-state index is 12.8. The minimum atomic E-state index is 0.263. The van der Waals surface area contributed by atoms with Crippen LogP contribution in [0.2, 0.25) is 0 Å². The molecule has 0 aromatic rings. The monoisotopic (exact) mass is 295 g/mol. The second-order valence-corrected chi connectivity index (χ2v) is 6.79. The highest BCUT2D eigenvalue weighted by atomic mass is 16.1. The standard InChI is InChI=1S/C17H33N3O/c1-5-14-15(12-20(7-3)16(14)6-2)17(21)13-19-10-8-18(4)9-11-19/h14-16H,5-13H2,1-4H3. The van der Waals surface area contributed by atoms with Crippen molar-refractivity contribution in [1.29, 1.82) is 0 Å². The van der Waals surface area contributed by atoms with E-state index < -0.39 is 0 Å². The molecule has 0 radical (unpaired) electrons. The van der Waals surface area contributed by atoms with E-state index in [1.54, 1.807) is 0 Å². The van der Waals surface area contributed by atoms with E-state index in [1.807, 2.05) is 0 Å². The van der Waals surface area contributed by atoms with Gasteiger partial charge < -0.3 is 4.90 Å². The summed E-state index contributed by atoms with van der Waals surface area (Å²) in [6, 6.07) is 0.612. The maximum Gasteiger partial charge on any atom is 0.151 e. The smallest absolute Gasteiger partial charge is 0.151 e. The van der Waals surface area contributed by atoms with E-state index in [1.165, 1.54) is 6.42 Å². The van der Waals surface area contributed by atoms with E-state index in [2.05, 4.69) is 42.5 Å². The topological polar surface area (TPSA) is 26.8 Å². The molecule has 2 rings (SSSR count). The average Bonchev–Trinajstić information content (AvgIpc) is 2.87. The molecule has 0 N–H and O–H groups in total. The summed E-state index contributed by atoms with van der Waals surface area (Å²) in [6.45, 7) is 13.7. The summed E-state index contributed by atoms with van der Waals surface area (Å²) in [7, 11) is 2.16. The first kappa shape index (κ1) is 16.9. The number of likely N-dealkylation sites (tertiary alicyclic amines) is 1. The van der Waals surface area contributed by atoms with Crippen LogP contribution in [0.1, 0.15) is 33.6 Å². The number of piperazine rings is 1. The van der Waals surface area contributed by atoms with Crippen LogP contribution in [0.15, 0.2) is 0 Å². The van der Waals surface area contributed by atoms with E-state index in [4.69, 9.17) is 0 Å². The third-order valence-corrected chi connectivity index (χ3v) is 5.60. The Bertz CT molecular complexity index is 339. The van der Waals surface area contributed by atoms with Crippen LogP contribution in [0.3, 0.4) is 0 Å². The van der Waals surface area contributed by atoms with Crippen LogP contribution in [0.4, 0.5) is 0 Å². The first-order chi connectivity index (χ1) is 10.1. The third-order valence-electron chi connectivity index (χ3n) is 5.60. The molecule has 21 heavy (non-hydrogen) atoms. The zero-order chi connectivity index (χ0) is 15.4. The van der Waals surface area contributed by atoms with E-state index in [0.29, 0.717) is 24.3 Å². The van der Waals surface area contributed by atoms with Crippen molar-refractivity contribution in [2.45, 2.75) is 39.7 Å². The fraction of sp³-hybridized carbons (Fsp3) is 0.941. The number of ketones is 1. The van der Waals surface area contributed by atoms with Crippen LogP contribution in [-0.2, 0) is 4.79 Å². The van der Waals surface area contributed by atoms with Gasteiger partial charge in [0.1, 0.15) is 0 Å². The molecule has 2 saturated heterocycles. The molecule has 3 atom stereocenters. The molecular weight excluding hydrogens is 262 g/mol. The molecule has 2 aliphatic rings. The number of likely N-dealkylation sites (N-methyl/N-ethyl adjacent to an activating group) is 1. The first-order valence-electron chi connectivity index (χ1n) is 8.78. The Morgan fingerprint density at radius 2 is 1.71 bits per heavy atom. The summed E-state index contributed by atoms with van der Waals surface area (Å²) >= 11 is 0. The van der Waals surface area contributed by atoms with Gasteiger partial charge in [-0.1, -0.05) is 27.2 Å². The molecule has 0 spiro atoms. The van der Waals surface area contributed by atoms with Gasteiger partial charge in [0.05, 0.1) is 6.54 Å². The van der Waals surface area contributed by atoms with Crippen molar-refractivity contribution in [3.63, 3.8) is 0 Å². The van der Waals surface area contributed by atoms with E-state index in [-0.39, 0.29) is 5.92 Å². The van der Waals surface area contributed by atoms with Crippen LogP contribution in [-0.4, -0.2) is 79.4 Å².